The van der Waals surface area contributed by atoms with Crippen molar-refractivity contribution in [3.63, 3.8) is 0 Å². The zero-order chi connectivity index (χ0) is 26.6. The van der Waals surface area contributed by atoms with Crippen molar-refractivity contribution in [1.82, 2.24) is 15.2 Å². The molecule has 7 rings (SSSR count). The minimum atomic E-state index is -0.722. The number of anilines is 1. The first-order valence-corrected chi connectivity index (χ1v) is 13.8. The van der Waals surface area contributed by atoms with Crippen LogP contribution >= 0.6 is 22.9 Å². The van der Waals surface area contributed by atoms with E-state index in [0.29, 0.717) is 27.5 Å². The fraction of sp³-hybridized carbons (Fsp3) is 0.444. The summed E-state index contributed by atoms with van der Waals surface area (Å²) in [5.41, 5.74) is 0.598. The molecule has 1 amide bonds. The van der Waals surface area contributed by atoms with Gasteiger partial charge < -0.3 is 9.47 Å². The van der Waals surface area contributed by atoms with E-state index in [1.807, 2.05) is 0 Å². The van der Waals surface area contributed by atoms with Crippen molar-refractivity contribution in [2.24, 2.45) is 17.8 Å². The second-order valence-electron chi connectivity index (χ2n) is 10.5. The first-order chi connectivity index (χ1) is 18.2. The Labute approximate surface area is 227 Å². The number of nitrogens with one attached hydrogen (secondary N) is 1. The predicted molar refractivity (Wildman–Crippen MR) is 140 cm³/mol. The Morgan fingerprint density at radius 3 is 2.68 bits per heavy atom. The number of Topliss-reactive ketones (excluding diaryl/α,β-unsaturated/α-hetero) is 1. The molecule has 0 spiro atoms. The van der Waals surface area contributed by atoms with Crippen molar-refractivity contribution in [2.75, 3.05) is 12.4 Å². The molecule has 0 saturated heterocycles. The fourth-order valence-corrected chi connectivity index (χ4v) is 7.25. The lowest BCUT2D eigenvalue weighted by Crippen LogP contribution is -2.56. The minimum absolute atomic E-state index is 0.00857. The number of aryl methyl sites for hydroxylation is 1. The number of hydrogen-bond donors (Lipinski definition) is 1. The molecule has 0 aliphatic heterocycles. The largest absolute Gasteiger partial charge is 0.496 e. The number of halogens is 2. The Hall–Kier alpha value is -2.95. The molecular weight excluding hydrogens is 531 g/mol. The highest BCUT2D eigenvalue weighted by atomic mass is 35.5. The van der Waals surface area contributed by atoms with Crippen LogP contribution in [-0.2, 0) is 16.1 Å². The van der Waals surface area contributed by atoms with E-state index in [1.165, 1.54) is 30.6 Å². The number of benzene rings is 1. The van der Waals surface area contributed by atoms with E-state index in [2.05, 4.69) is 20.5 Å². The second-order valence-corrected chi connectivity index (χ2v) is 11.9. The van der Waals surface area contributed by atoms with Gasteiger partial charge in [-0.15, -0.1) is 10.2 Å². The van der Waals surface area contributed by atoms with Gasteiger partial charge in [0.05, 0.1) is 34.6 Å². The van der Waals surface area contributed by atoms with Crippen molar-refractivity contribution in [1.29, 1.82) is 0 Å². The van der Waals surface area contributed by atoms with Gasteiger partial charge in [0.15, 0.2) is 5.82 Å². The monoisotopic (exact) mass is 556 g/mol. The van der Waals surface area contributed by atoms with E-state index in [0.717, 1.165) is 32.1 Å². The molecule has 11 heteroatoms. The molecule has 2 atom stereocenters. The molecule has 4 saturated carbocycles. The number of pyridine rings is 1. The average molecular weight is 557 g/mol. The molecule has 3 aromatic rings. The summed E-state index contributed by atoms with van der Waals surface area (Å²) in [5.74, 6) is 0.213. The lowest BCUT2D eigenvalue weighted by molar-refractivity contribution is -0.179. The first-order valence-electron chi connectivity index (χ1n) is 12.6. The number of carbonyl (C=O) groups excluding carboxylic acids is 2. The van der Waals surface area contributed by atoms with E-state index < -0.39 is 11.7 Å². The number of rotatable bonds is 7. The van der Waals surface area contributed by atoms with Gasteiger partial charge in [-0.1, -0.05) is 22.9 Å². The maximum absolute atomic E-state index is 15.1. The smallest absolute Gasteiger partial charge is 0.259 e. The Bertz CT molecular complexity index is 1430. The van der Waals surface area contributed by atoms with Gasteiger partial charge >= 0.3 is 0 Å². The van der Waals surface area contributed by atoms with Crippen LogP contribution in [0.4, 0.5) is 9.52 Å². The third-order valence-corrected chi connectivity index (χ3v) is 9.02. The second kappa shape index (κ2) is 9.66. The Kier molecular flexibility index (Phi) is 6.44. The van der Waals surface area contributed by atoms with Crippen LogP contribution < -0.4 is 10.1 Å². The van der Waals surface area contributed by atoms with Gasteiger partial charge in [0.25, 0.3) is 5.91 Å². The van der Waals surface area contributed by atoms with E-state index in [9.17, 15) is 9.59 Å². The molecule has 2 aromatic heterocycles. The maximum atomic E-state index is 15.1. The number of nitrogens with zero attached hydrogens (tertiary/aromatic N) is 3. The zero-order valence-electron chi connectivity index (χ0n) is 20.9. The van der Waals surface area contributed by atoms with Crippen LogP contribution in [0.25, 0.3) is 11.3 Å². The minimum Gasteiger partial charge on any atom is -0.496 e. The molecule has 2 heterocycles. The molecule has 1 N–H and O–H groups in total. The normalized spacial score (nSPS) is 25.6. The maximum Gasteiger partial charge on any atom is 0.259 e. The topological polar surface area (TPSA) is 103 Å². The van der Waals surface area contributed by atoms with Crippen molar-refractivity contribution >= 4 is 39.8 Å². The van der Waals surface area contributed by atoms with E-state index in [4.69, 9.17) is 21.1 Å². The lowest BCUT2D eigenvalue weighted by atomic mass is 9.53. The number of carbonyl (C=O) groups is 2. The highest BCUT2D eigenvalue weighted by Gasteiger charge is 2.55. The van der Waals surface area contributed by atoms with E-state index in [1.54, 1.807) is 19.1 Å². The highest BCUT2D eigenvalue weighted by Crippen LogP contribution is 2.55. The number of amides is 1. The van der Waals surface area contributed by atoms with Crippen LogP contribution in [0.2, 0.25) is 5.02 Å². The average Bonchev–Trinajstić information content (AvgIpc) is 3.34. The van der Waals surface area contributed by atoms with Crippen molar-refractivity contribution in [2.45, 2.75) is 51.2 Å². The van der Waals surface area contributed by atoms with Gasteiger partial charge in [0.1, 0.15) is 23.1 Å². The molecule has 0 radical (unpaired) electrons. The molecule has 4 aliphatic carbocycles. The number of aromatic nitrogens is 3. The summed E-state index contributed by atoms with van der Waals surface area (Å²) in [6.45, 7) is 2.02. The standard InChI is InChI=1S/C27H26ClFN4O4S/c1-13-3-4-17(23(30-13)21-19(36-2)6-5-18(28)22(21)29)25(35)31-26-33-32-20(38-26)12-37-27-9-14-7-15(10-27)24(34)16(8-14)11-27/h3-6,14-16H,7-12H2,1-2H3,(H,31,33,35). The van der Waals surface area contributed by atoms with Gasteiger partial charge in [0, 0.05) is 17.5 Å². The lowest BCUT2D eigenvalue weighted by Gasteiger charge is -2.55. The highest BCUT2D eigenvalue weighted by molar-refractivity contribution is 7.15. The van der Waals surface area contributed by atoms with Crippen LogP contribution in [0.1, 0.15) is 53.2 Å². The molecule has 4 bridgehead atoms. The number of ketones is 1. The molecule has 38 heavy (non-hydrogen) atoms. The summed E-state index contributed by atoms with van der Waals surface area (Å²) < 4.78 is 26.8. The van der Waals surface area contributed by atoms with Crippen LogP contribution in [-0.4, -0.2) is 39.6 Å². The Balaban J connectivity index is 1.19. The summed E-state index contributed by atoms with van der Waals surface area (Å²) in [6.07, 6.45) is 4.55. The van der Waals surface area contributed by atoms with Gasteiger partial charge in [-0.05, 0) is 69.2 Å². The van der Waals surface area contributed by atoms with E-state index >= 15 is 4.39 Å². The summed E-state index contributed by atoms with van der Waals surface area (Å²) in [5, 5.41) is 11.9. The Morgan fingerprint density at radius 2 is 1.95 bits per heavy atom. The zero-order valence-corrected chi connectivity index (χ0v) is 22.5. The van der Waals surface area contributed by atoms with Gasteiger partial charge in [-0.3, -0.25) is 19.9 Å². The third kappa shape index (κ3) is 4.48. The van der Waals surface area contributed by atoms with Crippen molar-refractivity contribution in [3.8, 4) is 17.0 Å². The molecule has 8 nitrogen and oxygen atoms in total. The molecule has 198 valence electrons. The number of hydrogen-bond acceptors (Lipinski definition) is 8. The summed E-state index contributed by atoms with van der Waals surface area (Å²) in [4.78, 5) is 30.2. The molecule has 4 aliphatic rings. The van der Waals surface area contributed by atoms with Gasteiger partial charge in [0.2, 0.25) is 5.13 Å². The van der Waals surface area contributed by atoms with Crippen LogP contribution in [0.5, 0.6) is 5.75 Å². The molecule has 1 aromatic carbocycles. The number of ether oxygens (including phenoxy) is 2. The summed E-state index contributed by atoms with van der Waals surface area (Å²) >= 11 is 7.24. The SMILES string of the molecule is COc1ccc(Cl)c(F)c1-c1nc(C)ccc1C(=O)Nc1nnc(COC23CC4CC(C2)C(=O)C(C4)C3)s1. The van der Waals surface area contributed by atoms with Crippen molar-refractivity contribution in [3.05, 3.63) is 51.4 Å². The van der Waals surface area contributed by atoms with Gasteiger partial charge in [-0.25, -0.2) is 4.39 Å². The quantitative estimate of drug-likeness (QED) is 0.402. The fourth-order valence-electron chi connectivity index (χ4n) is 6.45. The third-order valence-electron chi connectivity index (χ3n) is 7.92. The van der Waals surface area contributed by atoms with Crippen LogP contribution in [0.15, 0.2) is 24.3 Å². The Morgan fingerprint density at radius 1 is 1.18 bits per heavy atom. The van der Waals surface area contributed by atoms with Gasteiger partial charge in [-0.2, -0.15) is 0 Å². The molecule has 4 fully saturated rings. The van der Waals surface area contributed by atoms with E-state index in [-0.39, 0.29) is 51.6 Å². The molecular formula is C27H26ClFN4O4S. The predicted octanol–water partition coefficient (Wildman–Crippen LogP) is 5.63. The summed E-state index contributed by atoms with van der Waals surface area (Å²) in [6, 6.07) is 6.17. The van der Waals surface area contributed by atoms with Crippen LogP contribution in [0.3, 0.4) is 0 Å². The first kappa shape index (κ1) is 25.3. The molecule has 2 unspecified atom stereocenters. The number of methoxy groups -OCH3 is 1. The summed E-state index contributed by atoms with van der Waals surface area (Å²) in [7, 11) is 1.41. The van der Waals surface area contributed by atoms with Crippen LogP contribution in [0, 0.1) is 30.5 Å². The van der Waals surface area contributed by atoms with Crippen molar-refractivity contribution < 1.29 is 23.5 Å².